The van der Waals surface area contributed by atoms with Crippen LogP contribution in [0.3, 0.4) is 0 Å². The minimum atomic E-state index is -0.676. The maximum Gasteiger partial charge on any atom is 0.289 e. The number of rotatable bonds is 2. The number of nitro groups is 1. The molecule has 1 aromatic carbocycles. The molecule has 2 amide bonds. The van der Waals surface area contributed by atoms with Gasteiger partial charge in [0.2, 0.25) is 0 Å². The summed E-state index contributed by atoms with van der Waals surface area (Å²) in [5.41, 5.74) is -0.224. The van der Waals surface area contributed by atoms with Crippen LogP contribution in [0, 0.1) is 10.1 Å². The summed E-state index contributed by atoms with van der Waals surface area (Å²) in [5, 5.41) is 10.6. The van der Waals surface area contributed by atoms with Gasteiger partial charge in [0.15, 0.2) is 0 Å². The summed E-state index contributed by atoms with van der Waals surface area (Å²) in [6.07, 6.45) is 2.20. The molecular formula is C10H5ClN2O4. The van der Waals surface area contributed by atoms with E-state index in [1.807, 2.05) is 0 Å². The molecule has 0 unspecified atom stereocenters. The summed E-state index contributed by atoms with van der Waals surface area (Å²) in [6, 6.07) is 3.73. The Balaban J connectivity index is 2.47. The molecule has 17 heavy (non-hydrogen) atoms. The smallest absolute Gasteiger partial charge is 0.269 e. The van der Waals surface area contributed by atoms with Crippen LogP contribution in [-0.4, -0.2) is 16.7 Å². The number of hydrogen-bond donors (Lipinski definition) is 0. The van der Waals surface area contributed by atoms with E-state index in [1.165, 1.54) is 12.1 Å². The first-order valence-corrected chi connectivity index (χ1v) is 4.88. The van der Waals surface area contributed by atoms with Gasteiger partial charge in [0, 0.05) is 18.2 Å². The van der Waals surface area contributed by atoms with Crippen molar-refractivity contribution in [2.24, 2.45) is 0 Å². The van der Waals surface area contributed by atoms with Gasteiger partial charge in [0.25, 0.3) is 17.5 Å². The summed E-state index contributed by atoms with van der Waals surface area (Å²) >= 11 is 5.63. The molecule has 2 rings (SSSR count). The van der Waals surface area contributed by atoms with E-state index in [-0.39, 0.29) is 16.4 Å². The molecule has 1 heterocycles. The van der Waals surface area contributed by atoms with Crippen LogP contribution < -0.4 is 4.90 Å². The van der Waals surface area contributed by atoms with E-state index in [0.29, 0.717) is 0 Å². The molecule has 0 spiro atoms. The average Bonchev–Trinajstić information content (AvgIpc) is 2.59. The summed E-state index contributed by atoms with van der Waals surface area (Å²) in [5.74, 6) is -1.07. The first-order valence-electron chi connectivity index (χ1n) is 4.51. The predicted octanol–water partition coefficient (Wildman–Crippen LogP) is 1.68. The Bertz CT molecular complexity index is 549. The van der Waals surface area contributed by atoms with Crippen molar-refractivity contribution in [2.75, 3.05) is 4.90 Å². The molecule has 0 aromatic heterocycles. The lowest BCUT2D eigenvalue weighted by atomic mass is 10.2. The third kappa shape index (κ3) is 1.90. The summed E-state index contributed by atoms with van der Waals surface area (Å²) < 4.78 is 0. The summed E-state index contributed by atoms with van der Waals surface area (Å²) in [7, 11) is 0. The molecule has 0 atom stereocenters. The highest BCUT2D eigenvalue weighted by atomic mass is 35.5. The molecule has 0 saturated heterocycles. The molecule has 0 bridgehead atoms. The van der Waals surface area contributed by atoms with Crippen molar-refractivity contribution < 1.29 is 14.5 Å². The van der Waals surface area contributed by atoms with Crippen molar-refractivity contribution in [1.29, 1.82) is 0 Å². The zero-order valence-corrected chi connectivity index (χ0v) is 9.05. The van der Waals surface area contributed by atoms with Crippen molar-refractivity contribution in [3.05, 3.63) is 45.5 Å². The lowest BCUT2D eigenvalue weighted by Gasteiger charge is -2.13. The monoisotopic (exact) mass is 252 g/mol. The van der Waals surface area contributed by atoms with Gasteiger partial charge in [-0.15, -0.1) is 0 Å². The van der Waals surface area contributed by atoms with Gasteiger partial charge < -0.3 is 0 Å². The third-order valence-electron chi connectivity index (χ3n) is 2.19. The van der Waals surface area contributed by atoms with Gasteiger partial charge >= 0.3 is 0 Å². The molecule has 0 radical (unpaired) electrons. The van der Waals surface area contributed by atoms with Crippen molar-refractivity contribution in [2.45, 2.75) is 0 Å². The molecule has 0 N–H and O–H groups in total. The van der Waals surface area contributed by atoms with Crippen LogP contribution >= 0.6 is 11.6 Å². The molecule has 6 nitrogen and oxygen atoms in total. The van der Waals surface area contributed by atoms with Crippen LogP contribution in [-0.2, 0) is 9.59 Å². The minimum absolute atomic E-state index is 0.0502. The van der Waals surface area contributed by atoms with Crippen molar-refractivity contribution in [3.8, 4) is 0 Å². The Morgan fingerprint density at radius 2 is 1.76 bits per heavy atom. The number of carbonyl (C=O) groups excluding carboxylic acids is 2. The van der Waals surface area contributed by atoms with E-state index in [4.69, 9.17) is 11.6 Å². The molecule has 0 aliphatic carbocycles. The quantitative estimate of drug-likeness (QED) is 0.456. The first kappa shape index (κ1) is 11.3. The molecule has 1 aromatic rings. The van der Waals surface area contributed by atoms with Gasteiger partial charge in [0.05, 0.1) is 10.6 Å². The van der Waals surface area contributed by atoms with Gasteiger partial charge in [-0.05, 0) is 12.1 Å². The number of benzene rings is 1. The molecular weight excluding hydrogens is 248 g/mol. The second kappa shape index (κ2) is 3.99. The predicted molar refractivity (Wildman–Crippen MR) is 59.7 cm³/mol. The highest BCUT2D eigenvalue weighted by Gasteiger charge is 2.27. The van der Waals surface area contributed by atoms with E-state index in [2.05, 4.69) is 0 Å². The molecule has 7 heteroatoms. The maximum atomic E-state index is 11.4. The number of hydrogen-bond acceptors (Lipinski definition) is 4. The van der Waals surface area contributed by atoms with Crippen LogP contribution in [0.5, 0.6) is 0 Å². The normalized spacial score (nSPS) is 14.5. The zero-order chi connectivity index (χ0) is 12.6. The number of halogens is 1. The number of amides is 2. The fraction of sp³-hybridized carbons (Fsp3) is 0. The SMILES string of the molecule is O=C1C=CC(=O)N1c1ccc(Cl)c([N+](=O)[O-])c1. The highest BCUT2D eigenvalue weighted by Crippen LogP contribution is 2.30. The minimum Gasteiger partial charge on any atom is -0.269 e. The van der Waals surface area contributed by atoms with Crippen LogP contribution in [0.2, 0.25) is 5.02 Å². The Hall–Kier alpha value is -2.21. The Morgan fingerprint density at radius 1 is 1.18 bits per heavy atom. The van der Waals surface area contributed by atoms with Crippen LogP contribution in [0.4, 0.5) is 11.4 Å². The highest BCUT2D eigenvalue weighted by molar-refractivity contribution is 6.33. The van der Waals surface area contributed by atoms with E-state index in [1.54, 1.807) is 0 Å². The van der Waals surface area contributed by atoms with E-state index in [9.17, 15) is 19.7 Å². The summed E-state index contributed by atoms with van der Waals surface area (Å²) in [6.45, 7) is 0. The van der Waals surface area contributed by atoms with Gasteiger partial charge in [-0.1, -0.05) is 11.6 Å². The Kier molecular flexibility index (Phi) is 2.64. The number of nitro benzene ring substituents is 1. The average molecular weight is 253 g/mol. The Labute approximate surface area is 100 Å². The lowest BCUT2D eigenvalue weighted by molar-refractivity contribution is -0.384. The van der Waals surface area contributed by atoms with E-state index < -0.39 is 16.7 Å². The van der Waals surface area contributed by atoms with Crippen LogP contribution in [0.15, 0.2) is 30.4 Å². The van der Waals surface area contributed by atoms with Crippen molar-refractivity contribution >= 4 is 34.8 Å². The van der Waals surface area contributed by atoms with Gasteiger partial charge in [-0.25, -0.2) is 4.90 Å². The number of carbonyl (C=O) groups is 2. The Morgan fingerprint density at radius 3 is 2.29 bits per heavy atom. The number of nitrogens with zero attached hydrogens (tertiary/aromatic N) is 2. The lowest BCUT2D eigenvalue weighted by Crippen LogP contribution is -2.29. The second-order valence-corrected chi connectivity index (χ2v) is 3.65. The fourth-order valence-corrected chi connectivity index (χ4v) is 1.62. The summed E-state index contributed by atoms with van der Waals surface area (Å²) in [4.78, 5) is 33.6. The molecule has 86 valence electrons. The fourth-order valence-electron chi connectivity index (χ4n) is 1.43. The van der Waals surface area contributed by atoms with Crippen LogP contribution in [0.1, 0.15) is 0 Å². The molecule has 0 fully saturated rings. The van der Waals surface area contributed by atoms with Crippen LogP contribution in [0.25, 0.3) is 0 Å². The number of imide groups is 1. The second-order valence-electron chi connectivity index (χ2n) is 3.24. The number of anilines is 1. The topological polar surface area (TPSA) is 80.5 Å². The van der Waals surface area contributed by atoms with E-state index >= 15 is 0 Å². The molecule has 1 aliphatic rings. The standard InChI is InChI=1S/C10H5ClN2O4/c11-7-2-1-6(5-8(7)13(16)17)12-9(14)3-4-10(12)15/h1-5H. The largest absolute Gasteiger partial charge is 0.289 e. The van der Waals surface area contributed by atoms with Gasteiger partial charge in [0.1, 0.15) is 5.02 Å². The zero-order valence-electron chi connectivity index (χ0n) is 8.29. The van der Waals surface area contributed by atoms with Gasteiger partial charge in [-0.2, -0.15) is 0 Å². The third-order valence-corrected chi connectivity index (χ3v) is 2.51. The maximum absolute atomic E-state index is 11.4. The first-order chi connectivity index (χ1) is 8.00. The molecule has 0 saturated carbocycles. The van der Waals surface area contributed by atoms with E-state index in [0.717, 1.165) is 23.1 Å². The van der Waals surface area contributed by atoms with Crippen molar-refractivity contribution in [3.63, 3.8) is 0 Å². The van der Waals surface area contributed by atoms with Gasteiger partial charge in [-0.3, -0.25) is 19.7 Å². The van der Waals surface area contributed by atoms with Crippen molar-refractivity contribution in [1.82, 2.24) is 0 Å². The molecule has 1 aliphatic heterocycles.